The van der Waals surface area contributed by atoms with Crippen molar-refractivity contribution >= 4 is 10.9 Å². The number of rotatable bonds is 9. The van der Waals surface area contributed by atoms with Crippen molar-refractivity contribution in [2.45, 2.75) is 32.0 Å². The normalized spacial score (nSPS) is 16.6. The van der Waals surface area contributed by atoms with Crippen LogP contribution in [0.4, 0.5) is 4.39 Å². The molecule has 5 rings (SSSR count). The number of aromatic nitrogens is 3. The lowest BCUT2D eigenvalue weighted by molar-refractivity contribution is 0.188. The van der Waals surface area contributed by atoms with Gasteiger partial charge in [0.25, 0.3) is 0 Å². The highest BCUT2D eigenvalue weighted by molar-refractivity contribution is 5.83. The van der Waals surface area contributed by atoms with Crippen molar-refractivity contribution < 1.29 is 13.9 Å². The highest BCUT2D eigenvalue weighted by Gasteiger charge is 2.26. The molecule has 0 spiro atoms. The molecule has 7 heteroatoms. The van der Waals surface area contributed by atoms with E-state index in [9.17, 15) is 4.39 Å². The highest BCUT2D eigenvalue weighted by atomic mass is 19.1. The Morgan fingerprint density at radius 3 is 2.85 bits per heavy atom. The van der Waals surface area contributed by atoms with E-state index in [4.69, 9.17) is 9.47 Å². The second-order valence-corrected chi connectivity index (χ2v) is 8.64. The van der Waals surface area contributed by atoms with E-state index in [1.165, 1.54) is 28.6 Å². The van der Waals surface area contributed by atoms with Crippen LogP contribution >= 0.6 is 0 Å². The third-order valence-corrected chi connectivity index (χ3v) is 6.35. The molecule has 0 aliphatic carbocycles. The Hall–Kier alpha value is -3.16. The maximum atomic E-state index is 13.0. The fraction of sp³-hybridized carbons (Fsp3) is 0.346. The first-order valence-electron chi connectivity index (χ1n) is 11.4. The molecule has 1 N–H and O–H groups in total. The summed E-state index contributed by atoms with van der Waals surface area (Å²) in [7, 11) is 1.74. The van der Waals surface area contributed by atoms with Gasteiger partial charge in [0.15, 0.2) is 0 Å². The van der Waals surface area contributed by atoms with E-state index in [0.717, 1.165) is 44.0 Å². The third kappa shape index (κ3) is 4.94. The number of fused-ring (bicyclic) bond motifs is 1. The molecule has 0 unspecified atom stereocenters. The Kier molecular flexibility index (Phi) is 6.41. The molecule has 0 bridgehead atoms. The molecular formula is C26H29FN4O2. The van der Waals surface area contributed by atoms with Crippen LogP contribution in [-0.2, 0) is 24.4 Å². The van der Waals surface area contributed by atoms with E-state index in [2.05, 4.69) is 56.2 Å². The Morgan fingerprint density at radius 1 is 1.15 bits per heavy atom. The smallest absolute Gasteiger partial charge is 0.130 e. The van der Waals surface area contributed by atoms with E-state index in [0.29, 0.717) is 24.9 Å². The largest absolute Gasteiger partial charge is 0.487 e. The van der Waals surface area contributed by atoms with Gasteiger partial charge in [0.1, 0.15) is 18.2 Å². The summed E-state index contributed by atoms with van der Waals surface area (Å²) >= 11 is 0. The predicted molar refractivity (Wildman–Crippen MR) is 126 cm³/mol. The highest BCUT2D eigenvalue weighted by Crippen LogP contribution is 2.30. The molecule has 1 aliphatic heterocycles. The summed E-state index contributed by atoms with van der Waals surface area (Å²) in [5.41, 5.74) is 4.63. The summed E-state index contributed by atoms with van der Waals surface area (Å²) in [5.74, 6) is 0.781. The van der Waals surface area contributed by atoms with Gasteiger partial charge in [-0.25, -0.2) is 4.39 Å². The van der Waals surface area contributed by atoms with E-state index >= 15 is 0 Å². The summed E-state index contributed by atoms with van der Waals surface area (Å²) in [5, 5.41) is 8.95. The lowest BCUT2D eigenvalue weighted by Crippen LogP contribution is -2.19. The number of benzene rings is 2. The van der Waals surface area contributed by atoms with Gasteiger partial charge >= 0.3 is 0 Å². The minimum absolute atomic E-state index is 0.267. The minimum Gasteiger partial charge on any atom is -0.487 e. The quantitative estimate of drug-likeness (QED) is 0.403. The van der Waals surface area contributed by atoms with Crippen LogP contribution in [0.5, 0.6) is 5.75 Å². The molecule has 1 aliphatic rings. The van der Waals surface area contributed by atoms with Crippen LogP contribution in [-0.4, -0.2) is 46.5 Å². The molecule has 6 nitrogen and oxygen atoms in total. The van der Waals surface area contributed by atoms with E-state index < -0.39 is 0 Å². The molecule has 172 valence electrons. The van der Waals surface area contributed by atoms with Crippen LogP contribution in [0.1, 0.15) is 29.3 Å². The Bertz CT molecular complexity index is 1200. The van der Waals surface area contributed by atoms with Gasteiger partial charge in [-0.05, 0) is 54.9 Å². The molecule has 1 saturated heterocycles. The van der Waals surface area contributed by atoms with E-state index in [1.54, 1.807) is 19.2 Å². The number of halogens is 1. The van der Waals surface area contributed by atoms with Gasteiger partial charge in [0.05, 0.1) is 18.0 Å². The van der Waals surface area contributed by atoms with Crippen LogP contribution < -0.4 is 4.74 Å². The second-order valence-electron chi connectivity index (χ2n) is 8.64. The average Bonchev–Trinajstić information content (AvgIpc) is 3.57. The monoisotopic (exact) mass is 448 g/mol. The van der Waals surface area contributed by atoms with Crippen molar-refractivity contribution in [3.05, 3.63) is 83.6 Å². The van der Waals surface area contributed by atoms with Crippen molar-refractivity contribution in [3.8, 4) is 5.75 Å². The maximum Gasteiger partial charge on any atom is 0.130 e. The number of methoxy groups -OCH3 is 1. The van der Waals surface area contributed by atoms with Crippen molar-refractivity contribution in [2.24, 2.45) is 0 Å². The van der Waals surface area contributed by atoms with Crippen LogP contribution in [0.3, 0.4) is 0 Å². The van der Waals surface area contributed by atoms with Gasteiger partial charge in [0.2, 0.25) is 0 Å². The zero-order chi connectivity index (χ0) is 22.6. The van der Waals surface area contributed by atoms with Crippen LogP contribution in [0.25, 0.3) is 10.9 Å². The zero-order valence-corrected chi connectivity index (χ0v) is 18.8. The number of likely N-dealkylation sites (tertiary alicyclic amines) is 1. The lowest BCUT2D eigenvalue weighted by atomic mass is 10.1. The fourth-order valence-corrected chi connectivity index (χ4v) is 4.64. The number of aromatic amines is 1. The molecule has 0 saturated carbocycles. The topological polar surface area (TPSA) is 55.3 Å². The SMILES string of the molecule is COCCn1cc(CN2CC[C@H](c3cc(COc4ccc(F)cc4)[nH]n3)C2)c2ccccc21. The average molecular weight is 449 g/mol. The summed E-state index contributed by atoms with van der Waals surface area (Å²) < 4.78 is 26.4. The van der Waals surface area contributed by atoms with E-state index in [1.807, 2.05) is 0 Å². The molecule has 3 heterocycles. The van der Waals surface area contributed by atoms with Crippen molar-refractivity contribution in [1.29, 1.82) is 0 Å². The summed E-state index contributed by atoms with van der Waals surface area (Å²) in [4.78, 5) is 2.51. The third-order valence-electron chi connectivity index (χ3n) is 6.35. The number of ether oxygens (including phenoxy) is 2. The van der Waals surface area contributed by atoms with Gasteiger partial charge < -0.3 is 14.0 Å². The number of para-hydroxylation sites is 1. The number of nitrogens with zero attached hydrogens (tertiary/aromatic N) is 3. The molecule has 0 amide bonds. The Morgan fingerprint density at radius 2 is 2.00 bits per heavy atom. The standard InChI is InChI=1S/C26H29FN4O2/c1-32-13-12-31-17-20(24-4-2-3-5-26(24)31)16-30-11-10-19(15-30)25-14-22(28-29-25)18-33-23-8-6-21(27)7-9-23/h2-9,14,17,19H,10-13,15-16,18H2,1H3,(H,28,29)/t19-/m0/s1. The second kappa shape index (κ2) is 9.77. The van der Waals surface area contributed by atoms with Gasteiger partial charge in [-0.1, -0.05) is 18.2 Å². The Balaban J connectivity index is 1.20. The fourth-order valence-electron chi connectivity index (χ4n) is 4.64. The van der Waals surface area contributed by atoms with Crippen LogP contribution in [0.15, 0.2) is 60.8 Å². The first-order valence-corrected chi connectivity index (χ1v) is 11.4. The molecule has 2 aromatic carbocycles. The van der Waals surface area contributed by atoms with Gasteiger partial charge in [-0.2, -0.15) is 5.10 Å². The molecule has 1 fully saturated rings. The molecule has 2 aromatic heterocycles. The molecule has 4 aromatic rings. The number of hydrogen-bond acceptors (Lipinski definition) is 4. The van der Waals surface area contributed by atoms with Crippen molar-refractivity contribution in [3.63, 3.8) is 0 Å². The Labute approximate surface area is 192 Å². The van der Waals surface area contributed by atoms with Crippen molar-refractivity contribution in [1.82, 2.24) is 19.7 Å². The van der Waals surface area contributed by atoms with Crippen LogP contribution in [0, 0.1) is 5.82 Å². The van der Waals surface area contributed by atoms with Gasteiger partial charge in [0, 0.05) is 49.8 Å². The summed E-state index contributed by atoms with van der Waals surface area (Å²) in [6.07, 6.45) is 3.36. The minimum atomic E-state index is -0.267. The number of hydrogen-bond donors (Lipinski definition) is 1. The van der Waals surface area contributed by atoms with E-state index in [-0.39, 0.29) is 5.82 Å². The van der Waals surface area contributed by atoms with Gasteiger partial charge in [-0.15, -0.1) is 0 Å². The summed E-state index contributed by atoms with van der Waals surface area (Å²) in [6, 6.07) is 16.7. The first-order chi connectivity index (χ1) is 16.2. The molecule has 0 radical (unpaired) electrons. The summed E-state index contributed by atoms with van der Waals surface area (Å²) in [6.45, 7) is 4.92. The first kappa shape index (κ1) is 21.7. The molecule has 33 heavy (non-hydrogen) atoms. The van der Waals surface area contributed by atoms with Crippen LogP contribution in [0.2, 0.25) is 0 Å². The molecular weight excluding hydrogens is 419 g/mol. The predicted octanol–water partition coefficient (Wildman–Crippen LogP) is 4.72. The number of nitrogens with one attached hydrogen (secondary N) is 1. The maximum absolute atomic E-state index is 13.0. The number of H-pyrrole nitrogens is 1. The molecule has 1 atom stereocenters. The zero-order valence-electron chi connectivity index (χ0n) is 18.8. The van der Waals surface area contributed by atoms with Gasteiger partial charge in [-0.3, -0.25) is 10.00 Å². The van der Waals surface area contributed by atoms with Crippen molar-refractivity contribution in [2.75, 3.05) is 26.8 Å². The lowest BCUT2D eigenvalue weighted by Gasteiger charge is -2.15.